The number of tetrazole rings is 1. The van der Waals surface area contributed by atoms with E-state index in [1.165, 1.54) is 0 Å². The van der Waals surface area contributed by atoms with Gasteiger partial charge in [-0.05, 0) is 45.0 Å². The van der Waals surface area contributed by atoms with Crippen LogP contribution in [0.5, 0.6) is 0 Å². The quantitative estimate of drug-likeness (QED) is 0.789. The van der Waals surface area contributed by atoms with Crippen LogP contribution in [0.15, 0.2) is 0 Å². The van der Waals surface area contributed by atoms with Crippen LogP contribution in [0.25, 0.3) is 0 Å². The average molecular weight is 197 g/mol. The van der Waals surface area contributed by atoms with E-state index in [0.29, 0.717) is 12.6 Å². The van der Waals surface area contributed by atoms with E-state index in [1.54, 1.807) is 0 Å². The van der Waals surface area contributed by atoms with Gasteiger partial charge in [-0.15, -0.1) is 5.10 Å². The van der Waals surface area contributed by atoms with Gasteiger partial charge in [-0.25, -0.2) is 4.68 Å². The molecule has 1 rings (SSSR count). The molecule has 0 saturated carbocycles. The highest BCUT2D eigenvalue weighted by Crippen LogP contribution is 2.05. The standard InChI is InChI=1S/C9H19N5/c1-7(2)14-8(11-12-13-14)6-10-9(3,4)5/h7,10H,6H2,1-5H3. The third-order valence-corrected chi connectivity index (χ3v) is 1.83. The summed E-state index contributed by atoms with van der Waals surface area (Å²) >= 11 is 0. The van der Waals surface area contributed by atoms with Gasteiger partial charge < -0.3 is 5.32 Å². The zero-order valence-corrected chi connectivity index (χ0v) is 9.57. The summed E-state index contributed by atoms with van der Waals surface area (Å²) in [5.41, 5.74) is 0.0910. The molecule has 1 N–H and O–H groups in total. The van der Waals surface area contributed by atoms with Crippen molar-refractivity contribution in [1.29, 1.82) is 0 Å². The molecule has 80 valence electrons. The third kappa shape index (κ3) is 3.06. The monoisotopic (exact) mass is 197 g/mol. The molecule has 5 nitrogen and oxygen atoms in total. The van der Waals surface area contributed by atoms with Crippen LogP contribution >= 0.6 is 0 Å². The van der Waals surface area contributed by atoms with Crippen molar-refractivity contribution >= 4 is 0 Å². The Morgan fingerprint density at radius 1 is 1.36 bits per heavy atom. The normalized spacial score (nSPS) is 12.4. The highest BCUT2D eigenvalue weighted by molar-refractivity contribution is 4.84. The van der Waals surface area contributed by atoms with E-state index >= 15 is 0 Å². The predicted molar refractivity (Wildman–Crippen MR) is 54.8 cm³/mol. The number of aromatic nitrogens is 4. The maximum atomic E-state index is 3.98. The lowest BCUT2D eigenvalue weighted by Crippen LogP contribution is -2.36. The molecule has 0 aliphatic rings. The minimum absolute atomic E-state index is 0.0910. The topological polar surface area (TPSA) is 55.6 Å². The highest BCUT2D eigenvalue weighted by Gasteiger charge is 2.13. The minimum Gasteiger partial charge on any atom is -0.305 e. The lowest BCUT2D eigenvalue weighted by Gasteiger charge is -2.20. The molecule has 0 radical (unpaired) electrons. The lowest BCUT2D eigenvalue weighted by molar-refractivity contribution is 0.399. The first-order valence-electron chi connectivity index (χ1n) is 4.92. The molecule has 0 fully saturated rings. The lowest BCUT2D eigenvalue weighted by atomic mass is 10.1. The summed E-state index contributed by atoms with van der Waals surface area (Å²) in [5.74, 6) is 0.884. The van der Waals surface area contributed by atoms with Crippen LogP contribution in [0.3, 0.4) is 0 Å². The van der Waals surface area contributed by atoms with Crippen LogP contribution in [0.4, 0.5) is 0 Å². The van der Waals surface area contributed by atoms with Gasteiger partial charge >= 0.3 is 0 Å². The first-order chi connectivity index (χ1) is 6.40. The van der Waals surface area contributed by atoms with E-state index in [-0.39, 0.29) is 5.54 Å². The second kappa shape index (κ2) is 4.04. The van der Waals surface area contributed by atoms with Crippen molar-refractivity contribution in [2.75, 3.05) is 0 Å². The number of nitrogens with one attached hydrogen (secondary N) is 1. The molecule has 0 bridgehead atoms. The summed E-state index contributed by atoms with van der Waals surface area (Å²) in [4.78, 5) is 0. The molecule has 0 amide bonds. The summed E-state index contributed by atoms with van der Waals surface area (Å²) < 4.78 is 1.83. The van der Waals surface area contributed by atoms with Crippen LogP contribution in [0.2, 0.25) is 0 Å². The molecule has 0 atom stereocenters. The van der Waals surface area contributed by atoms with E-state index in [1.807, 2.05) is 4.68 Å². The van der Waals surface area contributed by atoms with E-state index in [9.17, 15) is 0 Å². The molecule has 0 spiro atoms. The molecule has 0 saturated heterocycles. The molecule has 1 aromatic rings. The average Bonchev–Trinajstić information content (AvgIpc) is 2.46. The second-order valence-corrected chi connectivity index (χ2v) is 4.74. The maximum absolute atomic E-state index is 3.98. The van der Waals surface area contributed by atoms with Gasteiger partial charge in [0.2, 0.25) is 0 Å². The molecule has 5 heteroatoms. The smallest absolute Gasteiger partial charge is 0.165 e. The van der Waals surface area contributed by atoms with Crippen LogP contribution < -0.4 is 5.32 Å². The Kier molecular flexibility index (Phi) is 3.21. The fourth-order valence-electron chi connectivity index (χ4n) is 1.07. The van der Waals surface area contributed by atoms with Crippen molar-refractivity contribution in [2.24, 2.45) is 0 Å². The molecule has 1 aromatic heterocycles. The van der Waals surface area contributed by atoms with Gasteiger partial charge in [-0.2, -0.15) is 0 Å². The molecule has 0 unspecified atom stereocenters. The van der Waals surface area contributed by atoms with Gasteiger partial charge in [0.1, 0.15) is 0 Å². The summed E-state index contributed by atoms with van der Waals surface area (Å²) in [6.45, 7) is 11.2. The number of hydrogen-bond donors (Lipinski definition) is 1. The molecular weight excluding hydrogens is 178 g/mol. The van der Waals surface area contributed by atoms with Crippen molar-refractivity contribution in [1.82, 2.24) is 25.5 Å². The third-order valence-electron chi connectivity index (χ3n) is 1.83. The molecular formula is C9H19N5. The Hall–Kier alpha value is -0.970. The van der Waals surface area contributed by atoms with Crippen LogP contribution in [0, 0.1) is 0 Å². The minimum atomic E-state index is 0.0910. The SMILES string of the molecule is CC(C)n1nnnc1CNC(C)(C)C. The highest BCUT2D eigenvalue weighted by atomic mass is 15.5. The predicted octanol–water partition coefficient (Wildman–Crippen LogP) is 1.14. The van der Waals surface area contributed by atoms with E-state index in [2.05, 4.69) is 55.5 Å². The fraction of sp³-hybridized carbons (Fsp3) is 0.889. The first-order valence-corrected chi connectivity index (χ1v) is 4.92. The van der Waals surface area contributed by atoms with Gasteiger partial charge in [0.25, 0.3) is 0 Å². The van der Waals surface area contributed by atoms with E-state index in [4.69, 9.17) is 0 Å². The van der Waals surface area contributed by atoms with E-state index in [0.717, 1.165) is 5.82 Å². The summed E-state index contributed by atoms with van der Waals surface area (Å²) in [6.07, 6.45) is 0. The maximum Gasteiger partial charge on any atom is 0.165 e. The summed E-state index contributed by atoms with van der Waals surface area (Å²) in [7, 11) is 0. The molecule has 0 aliphatic carbocycles. The molecule has 1 heterocycles. The van der Waals surface area contributed by atoms with Crippen molar-refractivity contribution in [3.8, 4) is 0 Å². The Balaban J connectivity index is 2.63. The Morgan fingerprint density at radius 2 is 2.00 bits per heavy atom. The largest absolute Gasteiger partial charge is 0.305 e. The zero-order valence-electron chi connectivity index (χ0n) is 9.57. The van der Waals surface area contributed by atoms with Gasteiger partial charge in [0.05, 0.1) is 12.6 Å². The summed E-state index contributed by atoms with van der Waals surface area (Å²) in [5, 5.41) is 14.9. The van der Waals surface area contributed by atoms with Crippen molar-refractivity contribution in [3.63, 3.8) is 0 Å². The first kappa shape index (κ1) is 11.1. The van der Waals surface area contributed by atoms with Crippen molar-refractivity contribution < 1.29 is 0 Å². The van der Waals surface area contributed by atoms with Gasteiger partial charge in [0.15, 0.2) is 5.82 Å². The number of hydrogen-bond acceptors (Lipinski definition) is 4. The Labute approximate surface area is 84.9 Å². The van der Waals surface area contributed by atoms with Crippen LogP contribution in [-0.2, 0) is 6.54 Å². The van der Waals surface area contributed by atoms with Crippen molar-refractivity contribution in [3.05, 3.63) is 5.82 Å². The molecule has 0 aromatic carbocycles. The number of nitrogens with zero attached hydrogens (tertiary/aromatic N) is 4. The van der Waals surface area contributed by atoms with Gasteiger partial charge in [-0.3, -0.25) is 0 Å². The zero-order chi connectivity index (χ0) is 10.8. The van der Waals surface area contributed by atoms with Crippen molar-refractivity contribution in [2.45, 2.75) is 52.7 Å². The molecule has 0 aliphatic heterocycles. The van der Waals surface area contributed by atoms with Gasteiger partial charge in [0, 0.05) is 5.54 Å². The molecule has 14 heavy (non-hydrogen) atoms. The van der Waals surface area contributed by atoms with E-state index < -0.39 is 0 Å². The Morgan fingerprint density at radius 3 is 2.50 bits per heavy atom. The van der Waals surface area contributed by atoms with Crippen LogP contribution in [0.1, 0.15) is 46.5 Å². The Bertz CT molecular complexity index is 284. The fourth-order valence-corrected chi connectivity index (χ4v) is 1.07. The van der Waals surface area contributed by atoms with Crippen LogP contribution in [-0.4, -0.2) is 25.7 Å². The second-order valence-electron chi connectivity index (χ2n) is 4.74. The number of rotatable bonds is 3. The van der Waals surface area contributed by atoms with Gasteiger partial charge in [-0.1, -0.05) is 0 Å². The summed E-state index contributed by atoms with van der Waals surface area (Å²) in [6, 6.07) is 0.307.